The molecule has 3 aliphatic rings. The summed E-state index contributed by atoms with van der Waals surface area (Å²) in [5.74, 6) is 0.0816. The number of Topliss-reactive ketones (excluding diaryl/α,β-unsaturated/α-hetero) is 1. The quantitative estimate of drug-likeness (QED) is 0.188. The molecule has 5 rings (SSSR count). The van der Waals surface area contributed by atoms with Crippen LogP contribution in [0.3, 0.4) is 0 Å². The molecule has 0 aliphatic carbocycles. The Morgan fingerprint density at radius 3 is 2.67 bits per heavy atom. The smallest absolute Gasteiger partial charge is 0.295 e. The number of aliphatic hydroxyl groups excluding tert-OH is 1. The molecule has 0 aromatic heterocycles. The van der Waals surface area contributed by atoms with Gasteiger partial charge < -0.3 is 24.2 Å². The lowest BCUT2D eigenvalue weighted by Crippen LogP contribution is -2.38. The highest BCUT2D eigenvalue weighted by molar-refractivity contribution is 6.46. The molecule has 0 bridgehead atoms. The van der Waals surface area contributed by atoms with Crippen LogP contribution in [0.4, 0.5) is 0 Å². The third kappa shape index (κ3) is 6.18. The summed E-state index contributed by atoms with van der Waals surface area (Å²) in [5, 5.41) is 11.5. The molecule has 2 aromatic carbocycles. The summed E-state index contributed by atoms with van der Waals surface area (Å²) < 4.78 is 17.3. The number of carbonyl (C=O) groups is 2. The van der Waals surface area contributed by atoms with Crippen molar-refractivity contribution < 1.29 is 28.9 Å². The van der Waals surface area contributed by atoms with Crippen molar-refractivity contribution in [2.45, 2.75) is 58.1 Å². The maximum atomic E-state index is 13.5. The molecule has 0 unspecified atom stereocenters. The molecule has 40 heavy (non-hydrogen) atoms. The Hall–Kier alpha value is -3.36. The summed E-state index contributed by atoms with van der Waals surface area (Å²) in [5.41, 5.74) is 2.36. The van der Waals surface area contributed by atoms with Crippen molar-refractivity contribution >= 4 is 17.4 Å². The molecule has 2 atom stereocenters. The van der Waals surface area contributed by atoms with E-state index >= 15 is 0 Å². The molecule has 2 fully saturated rings. The lowest BCUT2D eigenvalue weighted by Gasteiger charge is -2.29. The number of likely N-dealkylation sites (tertiary alicyclic amines) is 1. The van der Waals surface area contributed by atoms with Gasteiger partial charge >= 0.3 is 0 Å². The topological polar surface area (TPSA) is 88.5 Å². The lowest BCUT2D eigenvalue weighted by atomic mass is 9.94. The Morgan fingerprint density at radius 1 is 1.05 bits per heavy atom. The summed E-state index contributed by atoms with van der Waals surface area (Å²) >= 11 is 0. The van der Waals surface area contributed by atoms with Crippen LogP contribution in [-0.2, 0) is 20.7 Å². The van der Waals surface area contributed by atoms with Crippen LogP contribution < -0.4 is 9.47 Å². The van der Waals surface area contributed by atoms with Gasteiger partial charge in [-0.05, 0) is 61.2 Å². The molecule has 1 N–H and O–H groups in total. The predicted molar refractivity (Wildman–Crippen MR) is 153 cm³/mol. The van der Waals surface area contributed by atoms with Crippen molar-refractivity contribution in [3.8, 4) is 11.5 Å². The molecule has 0 saturated carbocycles. The zero-order chi connectivity index (χ0) is 28.1. The maximum absolute atomic E-state index is 13.5. The molecule has 214 valence electrons. The summed E-state index contributed by atoms with van der Waals surface area (Å²) in [7, 11) is 0. The van der Waals surface area contributed by atoms with E-state index in [1.54, 1.807) is 11.0 Å². The van der Waals surface area contributed by atoms with Gasteiger partial charge in [0.15, 0.2) is 0 Å². The minimum Gasteiger partial charge on any atom is -0.507 e. The predicted octanol–water partition coefficient (Wildman–Crippen LogP) is 4.72. The number of hydrogen-bond acceptors (Lipinski definition) is 7. The van der Waals surface area contributed by atoms with Gasteiger partial charge in [0.2, 0.25) is 0 Å². The molecule has 8 heteroatoms. The highest BCUT2D eigenvalue weighted by Gasteiger charge is 2.46. The van der Waals surface area contributed by atoms with Crippen molar-refractivity contribution in [3.63, 3.8) is 0 Å². The monoisotopic (exact) mass is 548 g/mol. The molecular weight excluding hydrogens is 508 g/mol. The third-order valence-electron chi connectivity index (χ3n) is 7.88. The van der Waals surface area contributed by atoms with Gasteiger partial charge in [-0.3, -0.25) is 14.5 Å². The van der Waals surface area contributed by atoms with E-state index < -0.39 is 17.7 Å². The zero-order valence-electron chi connectivity index (χ0n) is 23.6. The Balaban J connectivity index is 1.46. The van der Waals surface area contributed by atoms with Gasteiger partial charge in [-0.1, -0.05) is 31.9 Å². The lowest BCUT2D eigenvalue weighted by molar-refractivity contribution is -0.140. The largest absolute Gasteiger partial charge is 0.507 e. The first-order valence-electron chi connectivity index (χ1n) is 14.6. The Labute approximate surface area is 236 Å². The van der Waals surface area contributed by atoms with Crippen molar-refractivity contribution in [1.29, 1.82) is 0 Å². The van der Waals surface area contributed by atoms with Gasteiger partial charge in [-0.15, -0.1) is 0 Å². The molecule has 0 spiro atoms. The van der Waals surface area contributed by atoms with E-state index in [1.165, 1.54) is 0 Å². The molecule has 2 aromatic rings. The number of fused-ring (bicyclic) bond motifs is 1. The van der Waals surface area contributed by atoms with Crippen LogP contribution in [0.15, 0.2) is 48.0 Å². The molecule has 2 saturated heterocycles. The number of ketones is 1. The second-order valence-electron chi connectivity index (χ2n) is 10.9. The summed E-state index contributed by atoms with van der Waals surface area (Å²) in [6.07, 6.45) is 4.66. The Morgan fingerprint density at radius 2 is 1.88 bits per heavy atom. The Bertz CT molecular complexity index is 1250. The van der Waals surface area contributed by atoms with Crippen LogP contribution in [0.25, 0.3) is 5.76 Å². The number of benzene rings is 2. The van der Waals surface area contributed by atoms with Crippen LogP contribution >= 0.6 is 0 Å². The first-order chi connectivity index (χ1) is 19.5. The van der Waals surface area contributed by atoms with Crippen LogP contribution in [0.5, 0.6) is 11.5 Å². The summed E-state index contributed by atoms with van der Waals surface area (Å²) in [6, 6.07) is 12.3. The van der Waals surface area contributed by atoms with Crippen molar-refractivity contribution in [2.75, 3.05) is 46.0 Å². The van der Waals surface area contributed by atoms with Crippen LogP contribution in [-0.4, -0.2) is 78.7 Å². The number of carbonyl (C=O) groups excluding carboxylic acids is 2. The third-order valence-corrected chi connectivity index (χ3v) is 7.88. The van der Waals surface area contributed by atoms with E-state index in [2.05, 4.69) is 11.8 Å². The van der Waals surface area contributed by atoms with Crippen LogP contribution in [0.1, 0.15) is 62.3 Å². The maximum Gasteiger partial charge on any atom is 0.295 e. The molecule has 1 amide bonds. The highest BCUT2D eigenvalue weighted by atomic mass is 16.5. The molecular formula is C32H40N2O6. The van der Waals surface area contributed by atoms with E-state index in [4.69, 9.17) is 14.2 Å². The molecule has 8 nitrogen and oxygen atoms in total. The van der Waals surface area contributed by atoms with Gasteiger partial charge in [0.1, 0.15) is 23.4 Å². The van der Waals surface area contributed by atoms with Gasteiger partial charge in [0, 0.05) is 38.2 Å². The minimum atomic E-state index is -0.702. The number of amides is 1. The summed E-state index contributed by atoms with van der Waals surface area (Å²) in [6.45, 7) is 9.10. The standard InChI is InChI=1S/C32H40N2O6/c1-3-4-5-16-39-26-9-6-8-23(21-26)29-28(30(35)24-10-11-27-25(20-24)19-22(2)40-27)31(36)32(37)34(29)13-7-12-33-14-17-38-18-15-33/h6,8-11,20-22,29,35H,3-5,7,12-19H2,1-2H3/t22-,29-/m1/s1. The first kappa shape index (κ1) is 28.2. The number of aliphatic hydroxyl groups is 1. The van der Waals surface area contributed by atoms with Gasteiger partial charge in [-0.25, -0.2) is 0 Å². The van der Waals surface area contributed by atoms with E-state index in [0.717, 1.165) is 62.2 Å². The number of morpholine rings is 1. The van der Waals surface area contributed by atoms with Crippen molar-refractivity contribution in [2.24, 2.45) is 0 Å². The van der Waals surface area contributed by atoms with E-state index in [0.29, 0.717) is 44.1 Å². The molecule has 3 aliphatic heterocycles. The summed E-state index contributed by atoms with van der Waals surface area (Å²) in [4.78, 5) is 30.9. The van der Waals surface area contributed by atoms with Gasteiger partial charge in [-0.2, -0.15) is 0 Å². The second kappa shape index (κ2) is 12.9. The first-order valence-corrected chi connectivity index (χ1v) is 14.6. The van der Waals surface area contributed by atoms with Crippen LogP contribution in [0.2, 0.25) is 0 Å². The van der Waals surface area contributed by atoms with Gasteiger partial charge in [0.05, 0.1) is 31.4 Å². The Kier molecular flexibility index (Phi) is 9.07. The molecule has 3 heterocycles. The minimum absolute atomic E-state index is 0.0597. The second-order valence-corrected chi connectivity index (χ2v) is 10.9. The van der Waals surface area contributed by atoms with Crippen LogP contribution in [0, 0.1) is 0 Å². The number of rotatable bonds is 11. The zero-order valence-corrected chi connectivity index (χ0v) is 23.6. The van der Waals surface area contributed by atoms with E-state index in [9.17, 15) is 14.7 Å². The number of hydrogen-bond donors (Lipinski definition) is 1. The van der Waals surface area contributed by atoms with Crippen molar-refractivity contribution in [3.05, 3.63) is 64.7 Å². The average molecular weight is 549 g/mol. The normalized spacial score (nSPS) is 22.4. The number of nitrogens with zero attached hydrogens (tertiary/aromatic N) is 2. The fraction of sp³-hybridized carbons (Fsp3) is 0.500. The van der Waals surface area contributed by atoms with E-state index in [-0.39, 0.29) is 17.4 Å². The average Bonchev–Trinajstić information content (AvgIpc) is 3.46. The fourth-order valence-corrected chi connectivity index (χ4v) is 5.79. The number of ether oxygens (including phenoxy) is 3. The highest BCUT2D eigenvalue weighted by Crippen LogP contribution is 2.41. The SMILES string of the molecule is CCCCCOc1cccc([C@@H]2C(=C(O)c3ccc4c(c3)C[C@@H](C)O4)C(=O)C(=O)N2CCCN2CCOCC2)c1. The fourth-order valence-electron chi connectivity index (χ4n) is 5.79. The van der Waals surface area contributed by atoms with E-state index in [1.807, 2.05) is 43.3 Å². The number of unbranched alkanes of at least 4 members (excludes halogenated alkanes) is 2. The molecule has 0 radical (unpaired) electrons. The van der Waals surface area contributed by atoms with Crippen molar-refractivity contribution in [1.82, 2.24) is 9.80 Å². The van der Waals surface area contributed by atoms with Gasteiger partial charge in [0.25, 0.3) is 11.7 Å².